The number of halogens is 1. The number of benzene rings is 1. The summed E-state index contributed by atoms with van der Waals surface area (Å²) in [7, 11) is 0. The van der Waals surface area contributed by atoms with Crippen LogP contribution in [0.4, 0.5) is 11.5 Å². The number of hydrogen-bond donors (Lipinski definition) is 2. The lowest BCUT2D eigenvalue weighted by Gasteiger charge is -1.98. The molecular formula is C10H7BrN6O4. The van der Waals surface area contributed by atoms with E-state index in [0.717, 1.165) is 0 Å². The van der Waals surface area contributed by atoms with E-state index in [2.05, 4.69) is 41.4 Å². The minimum Gasteiger partial charge on any atom is -0.379 e. The van der Waals surface area contributed by atoms with Crippen molar-refractivity contribution in [1.82, 2.24) is 15.7 Å². The largest absolute Gasteiger partial charge is 0.379 e. The first-order valence-electron chi connectivity index (χ1n) is 5.34. The number of amides is 1. The van der Waals surface area contributed by atoms with Crippen LogP contribution in [0.3, 0.4) is 0 Å². The molecule has 3 N–H and O–H groups in total. The summed E-state index contributed by atoms with van der Waals surface area (Å²) in [4.78, 5) is 21.8. The fraction of sp³-hybridized carbons (Fsp3) is 0. The van der Waals surface area contributed by atoms with Crippen LogP contribution in [0.1, 0.15) is 16.1 Å². The van der Waals surface area contributed by atoms with Gasteiger partial charge in [-0.05, 0) is 32.3 Å². The number of nitrogens with two attached hydrogens (primary N) is 1. The molecule has 1 amide bonds. The topological polar surface area (TPSA) is 150 Å². The monoisotopic (exact) mass is 354 g/mol. The van der Waals surface area contributed by atoms with Gasteiger partial charge < -0.3 is 5.73 Å². The molecule has 108 valence electrons. The number of hydrogen-bond acceptors (Lipinski definition) is 8. The van der Waals surface area contributed by atoms with Crippen LogP contribution in [0.25, 0.3) is 0 Å². The van der Waals surface area contributed by atoms with E-state index in [9.17, 15) is 14.9 Å². The molecule has 10 nitrogen and oxygen atoms in total. The van der Waals surface area contributed by atoms with Gasteiger partial charge in [-0.2, -0.15) is 5.10 Å². The maximum Gasteiger partial charge on any atom is 0.297 e. The zero-order valence-corrected chi connectivity index (χ0v) is 11.8. The van der Waals surface area contributed by atoms with Crippen molar-refractivity contribution in [3.8, 4) is 0 Å². The van der Waals surface area contributed by atoms with Gasteiger partial charge in [-0.25, -0.2) is 10.1 Å². The average molecular weight is 355 g/mol. The zero-order valence-electron chi connectivity index (χ0n) is 10.2. The Kier molecular flexibility index (Phi) is 4.23. The number of carbonyl (C=O) groups is 1. The van der Waals surface area contributed by atoms with Crippen molar-refractivity contribution >= 4 is 39.6 Å². The Hall–Kier alpha value is -2.82. The number of aromatic nitrogens is 2. The van der Waals surface area contributed by atoms with Gasteiger partial charge in [0.25, 0.3) is 11.6 Å². The highest BCUT2D eigenvalue weighted by Gasteiger charge is 2.15. The molecule has 0 spiro atoms. The molecule has 1 heterocycles. The zero-order chi connectivity index (χ0) is 15.4. The SMILES string of the molecule is Nc1nonc1C(=O)N/N=C\c1ccc(Br)c([N+](=O)[O-])c1. The normalized spacial score (nSPS) is 10.7. The third kappa shape index (κ3) is 3.39. The number of nitrogens with one attached hydrogen (secondary N) is 1. The van der Waals surface area contributed by atoms with Crippen LogP contribution in [0.5, 0.6) is 0 Å². The summed E-state index contributed by atoms with van der Waals surface area (Å²) >= 11 is 3.06. The fourth-order valence-electron chi connectivity index (χ4n) is 1.32. The van der Waals surface area contributed by atoms with Gasteiger partial charge in [0.05, 0.1) is 15.6 Å². The van der Waals surface area contributed by atoms with Crippen LogP contribution >= 0.6 is 15.9 Å². The Morgan fingerprint density at radius 2 is 2.29 bits per heavy atom. The fourth-order valence-corrected chi connectivity index (χ4v) is 1.71. The highest BCUT2D eigenvalue weighted by molar-refractivity contribution is 9.10. The third-order valence-electron chi connectivity index (χ3n) is 2.28. The summed E-state index contributed by atoms with van der Waals surface area (Å²) in [5.74, 6) is -0.876. The molecule has 11 heteroatoms. The summed E-state index contributed by atoms with van der Waals surface area (Å²) in [6.07, 6.45) is 1.24. The first-order chi connectivity index (χ1) is 9.99. The van der Waals surface area contributed by atoms with Gasteiger partial charge in [-0.15, -0.1) is 0 Å². The summed E-state index contributed by atoms with van der Waals surface area (Å²) in [5, 5.41) is 21.0. The second kappa shape index (κ2) is 6.09. The lowest BCUT2D eigenvalue weighted by Crippen LogP contribution is -2.19. The predicted octanol–water partition coefficient (Wildman–Crippen LogP) is 1.09. The van der Waals surface area contributed by atoms with Gasteiger partial charge in [0.2, 0.25) is 11.5 Å². The number of nitrogens with zero attached hydrogens (tertiary/aromatic N) is 4. The molecular weight excluding hydrogens is 348 g/mol. The summed E-state index contributed by atoms with van der Waals surface area (Å²) in [6, 6.07) is 4.38. The van der Waals surface area contributed by atoms with E-state index in [4.69, 9.17) is 5.73 Å². The second-order valence-electron chi connectivity index (χ2n) is 3.67. The van der Waals surface area contributed by atoms with E-state index in [1.807, 2.05) is 0 Å². The lowest BCUT2D eigenvalue weighted by atomic mass is 10.2. The molecule has 21 heavy (non-hydrogen) atoms. The Labute approximate surface area is 125 Å². The molecule has 1 aromatic carbocycles. The van der Waals surface area contributed by atoms with Crippen LogP contribution in [0.2, 0.25) is 0 Å². The molecule has 0 fully saturated rings. The van der Waals surface area contributed by atoms with Gasteiger partial charge in [-0.3, -0.25) is 14.9 Å². The highest BCUT2D eigenvalue weighted by Crippen LogP contribution is 2.24. The molecule has 1 aromatic heterocycles. The van der Waals surface area contributed by atoms with E-state index < -0.39 is 10.8 Å². The molecule has 0 saturated heterocycles. The van der Waals surface area contributed by atoms with Crippen molar-refractivity contribution in [3.05, 3.63) is 44.0 Å². The molecule has 0 atom stereocenters. The second-order valence-corrected chi connectivity index (χ2v) is 4.52. The van der Waals surface area contributed by atoms with E-state index in [1.54, 1.807) is 6.07 Å². The minimum atomic E-state index is -0.711. The Bertz CT molecular complexity index is 728. The number of anilines is 1. The third-order valence-corrected chi connectivity index (χ3v) is 2.95. The quantitative estimate of drug-likeness (QED) is 0.473. The van der Waals surface area contributed by atoms with Crippen molar-refractivity contribution in [1.29, 1.82) is 0 Å². The average Bonchev–Trinajstić information content (AvgIpc) is 2.86. The van der Waals surface area contributed by atoms with Gasteiger partial charge >= 0.3 is 0 Å². The first-order valence-corrected chi connectivity index (χ1v) is 6.13. The van der Waals surface area contributed by atoms with Gasteiger partial charge in [0.1, 0.15) is 0 Å². The molecule has 0 bridgehead atoms. The Morgan fingerprint density at radius 1 is 1.52 bits per heavy atom. The van der Waals surface area contributed by atoms with E-state index >= 15 is 0 Å². The van der Waals surface area contributed by atoms with E-state index in [1.165, 1.54) is 18.3 Å². The maximum atomic E-state index is 11.6. The standard InChI is InChI=1S/C10H7BrN6O4/c11-6-2-1-5(3-7(6)17(19)20)4-13-14-10(18)8-9(12)16-21-15-8/h1-4H,(H2,12,16)(H,14,18)/b13-4-. The Balaban J connectivity index is 2.08. The molecule has 0 saturated carbocycles. The van der Waals surface area contributed by atoms with E-state index in [-0.39, 0.29) is 17.2 Å². The summed E-state index contributed by atoms with van der Waals surface area (Å²) < 4.78 is 4.61. The molecule has 0 unspecified atom stereocenters. The number of nitro groups is 1. The molecule has 0 aliphatic heterocycles. The molecule has 2 rings (SSSR count). The highest BCUT2D eigenvalue weighted by atomic mass is 79.9. The van der Waals surface area contributed by atoms with Crippen LogP contribution < -0.4 is 11.2 Å². The predicted molar refractivity (Wildman–Crippen MR) is 74.6 cm³/mol. The maximum absolute atomic E-state index is 11.6. The number of nitrogen functional groups attached to an aromatic ring is 1. The minimum absolute atomic E-state index is 0.116. The van der Waals surface area contributed by atoms with Crippen LogP contribution in [-0.4, -0.2) is 27.4 Å². The van der Waals surface area contributed by atoms with Crippen LogP contribution in [0, 0.1) is 10.1 Å². The van der Waals surface area contributed by atoms with Gasteiger partial charge in [-0.1, -0.05) is 6.07 Å². The molecule has 2 aromatic rings. The number of rotatable bonds is 4. The summed E-state index contributed by atoms with van der Waals surface area (Å²) in [6.45, 7) is 0. The van der Waals surface area contributed by atoms with Crippen molar-refractivity contribution < 1.29 is 14.3 Å². The number of nitro benzene ring substituents is 1. The Morgan fingerprint density at radius 3 is 2.90 bits per heavy atom. The smallest absolute Gasteiger partial charge is 0.297 e. The number of hydrazone groups is 1. The van der Waals surface area contributed by atoms with Crippen molar-refractivity contribution in [2.75, 3.05) is 5.73 Å². The van der Waals surface area contributed by atoms with Crippen LogP contribution in [0.15, 0.2) is 32.4 Å². The van der Waals surface area contributed by atoms with Crippen molar-refractivity contribution in [3.63, 3.8) is 0 Å². The molecule has 0 aliphatic rings. The van der Waals surface area contributed by atoms with Crippen molar-refractivity contribution in [2.45, 2.75) is 0 Å². The van der Waals surface area contributed by atoms with Gasteiger partial charge in [0, 0.05) is 11.6 Å². The molecule has 0 aliphatic carbocycles. The number of carbonyl (C=O) groups excluding carboxylic acids is 1. The van der Waals surface area contributed by atoms with Gasteiger partial charge in [0.15, 0.2) is 0 Å². The molecule has 0 radical (unpaired) electrons. The first kappa shape index (κ1) is 14.6. The van der Waals surface area contributed by atoms with Crippen molar-refractivity contribution in [2.24, 2.45) is 5.10 Å². The lowest BCUT2D eigenvalue weighted by molar-refractivity contribution is -0.385. The van der Waals surface area contributed by atoms with Crippen LogP contribution in [-0.2, 0) is 0 Å². The van der Waals surface area contributed by atoms with E-state index in [0.29, 0.717) is 10.0 Å². The summed E-state index contributed by atoms with van der Waals surface area (Å²) in [5.41, 5.74) is 7.59.